The number of nitrogens with one attached hydrogen (secondary N) is 3. The Bertz CT molecular complexity index is 1220. The lowest BCUT2D eigenvalue weighted by Gasteiger charge is -2.27. The number of benzene rings is 2. The molecule has 0 aliphatic heterocycles. The van der Waals surface area contributed by atoms with Crippen LogP contribution in [0.4, 0.5) is 10.5 Å². The number of ketones is 1. The Kier molecular flexibility index (Phi) is 8.95. The van der Waals surface area contributed by atoms with E-state index in [4.69, 9.17) is 0 Å². The zero-order chi connectivity index (χ0) is 27.1. The summed E-state index contributed by atoms with van der Waals surface area (Å²) >= 11 is 0. The fourth-order valence-electron chi connectivity index (χ4n) is 4.19. The Morgan fingerprint density at radius 2 is 1.51 bits per heavy atom. The van der Waals surface area contributed by atoms with Crippen LogP contribution >= 0.6 is 0 Å². The van der Waals surface area contributed by atoms with Crippen LogP contribution in [0.5, 0.6) is 11.8 Å². The predicted octanol–water partition coefficient (Wildman–Crippen LogP) is 4.43. The van der Waals surface area contributed by atoms with E-state index >= 15 is 0 Å². The van der Waals surface area contributed by atoms with Crippen molar-refractivity contribution in [3.63, 3.8) is 0 Å². The molecular formula is C28H34N4O5. The molecule has 0 aliphatic carbocycles. The third-order valence-electron chi connectivity index (χ3n) is 6.23. The SMILES string of the molecule is CCN(C(=O)NC(CC(=O)N[C@H](C(=O)c1c(O)[nH]c(O)c1C)C(C)C)c1ccccc1)c1ccccc1. The highest BCUT2D eigenvalue weighted by molar-refractivity contribution is 6.05. The van der Waals surface area contributed by atoms with Crippen LogP contribution in [-0.2, 0) is 4.79 Å². The lowest BCUT2D eigenvalue weighted by Crippen LogP contribution is -2.47. The molecule has 0 saturated carbocycles. The molecule has 0 fully saturated rings. The number of para-hydroxylation sites is 1. The van der Waals surface area contributed by atoms with Crippen molar-refractivity contribution in [3.05, 3.63) is 77.4 Å². The second-order valence-corrected chi connectivity index (χ2v) is 9.17. The highest BCUT2D eigenvalue weighted by Crippen LogP contribution is 2.30. The maximum Gasteiger partial charge on any atom is 0.322 e. The average molecular weight is 507 g/mol. The molecule has 196 valence electrons. The lowest BCUT2D eigenvalue weighted by molar-refractivity contribution is -0.122. The van der Waals surface area contributed by atoms with Gasteiger partial charge in [-0.05, 0) is 37.5 Å². The van der Waals surface area contributed by atoms with E-state index in [1.54, 1.807) is 18.7 Å². The summed E-state index contributed by atoms with van der Waals surface area (Å²) in [7, 11) is 0. The Morgan fingerprint density at radius 1 is 0.919 bits per heavy atom. The molecule has 3 aromatic rings. The summed E-state index contributed by atoms with van der Waals surface area (Å²) in [6.45, 7) is 7.35. The van der Waals surface area contributed by atoms with Crippen molar-refractivity contribution < 1.29 is 24.6 Å². The summed E-state index contributed by atoms with van der Waals surface area (Å²) in [5.41, 5.74) is 1.61. The quantitative estimate of drug-likeness (QED) is 0.259. The first kappa shape index (κ1) is 27.3. The minimum atomic E-state index is -0.948. The molecule has 37 heavy (non-hydrogen) atoms. The summed E-state index contributed by atoms with van der Waals surface area (Å²) in [6, 6.07) is 16.4. The van der Waals surface area contributed by atoms with Crippen LogP contribution in [0.25, 0.3) is 0 Å². The molecule has 2 atom stereocenters. The van der Waals surface area contributed by atoms with Gasteiger partial charge < -0.3 is 20.8 Å². The Morgan fingerprint density at radius 3 is 2.03 bits per heavy atom. The molecule has 0 bridgehead atoms. The van der Waals surface area contributed by atoms with Gasteiger partial charge in [0.25, 0.3) is 0 Å². The van der Waals surface area contributed by atoms with Crippen LogP contribution in [-0.4, -0.2) is 45.5 Å². The monoisotopic (exact) mass is 506 g/mol. The van der Waals surface area contributed by atoms with E-state index < -0.39 is 29.7 Å². The van der Waals surface area contributed by atoms with Crippen molar-refractivity contribution in [3.8, 4) is 11.8 Å². The van der Waals surface area contributed by atoms with Gasteiger partial charge in [0.15, 0.2) is 11.7 Å². The predicted molar refractivity (Wildman–Crippen MR) is 142 cm³/mol. The van der Waals surface area contributed by atoms with E-state index in [-0.39, 0.29) is 35.4 Å². The van der Waals surface area contributed by atoms with E-state index in [0.717, 1.165) is 11.3 Å². The fourth-order valence-corrected chi connectivity index (χ4v) is 4.19. The molecule has 0 aliphatic rings. The van der Waals surface area contributed by atoms with Gasteiger partial charge in [-0.1, -0.05) is 62.4 Å². The lowest BCUT2D eigenvalue weighted by atomic mass is 9.93. The number of amides is 3. The van der Waals surface area contributed by atoms with Gasteiger partial charge in [0, 0.05) is 17.8 Å². The number of rotatable bonds is 10. The molecule has 3 amide bonds. The smallest absolute Gasteiger partial charge is 0.322 e. The standard InChI is InChI=1S/C28H34N4O5/c1-5-32(20-14-10-7-11-15-20)28(37)29-21(19-12-8-6-9-13-19)16-22(33)30-24(17(2)3)25(34)23-18(4)26(35)31-27(23)36/h6-15,17,21,24,31,35-36H,5,16H2,1-4H3,(H,29,37)(H,30,33)/t21?,24-/m0/s1. The molecule has 0 radical (unpaired) electrons. The number of hydrogen-bond donors (Lipinski definition) is 5. The first-order valence-electron chi connectivity index (χ1n) is 12.3. The van der Waals surface area contributed by atoms with Crippen LogP contribution in [0.15, 0.2) is 60.7 Å². The van der Waals surface area contributed by atoms with Gasteiger partial charge in [0.1, 0.15) is 0 Å². The van der Waals surface area contributed by atoms with E-state index in [2.05, 4.69) is 15.6 Å². The Hall–Kier alpha value is -4.27. The van der Waals surface area contributed by atoms with Crippen molar-refractivity contribution in [2.75, 3.05) is 11.4 Å². The number of hydrogen-bond acceptors (Lipinski definition) is 5. The molecule has 3 rings (SSSR count). The van der Waals surface area contributed by atoms with Gasteiger partial charge in [-0.2, -0.15) is 0 Å². The molecule has 1 aromatic heterocycles. The molecule has 9 heteroatoms. The average Bonchev–Trinajstić information content (AvgIpc) is 3.14. The normalized spacial score (nSPS) is 12.6. The minimum Gasteiger partial charge on any atom is -0.494 e. The van der Waals surface area contributed by atoms with E-state index in [1.165, 1.54) is 6.92 Å². The molecular weight excluding hydrogens is 472 g/mol. The maximum absolute atomic E-state index is 13.2. The minimum absolute atomic E-state index is 0.0640. The van der Waals surface area contributed by atoms with Gasteiger partial charge in [-0.3, -0.25) is 19.5 Å². The summed E-state index contributed by atoms with van der Waals surface area (Å²) in [6.07, 6.45) is -0.109. The summed E-state index contributed by atoms with van der Waals surface area (Å²) in [5.74, 6) is -2.02. The van der Waals surface area contributed by atoms with Crippen LogP contribution < -0.4 is 15.5 Å². The van der Waals surface area contributed by atoms with Gasteiger partial charge in [0.2, 0.25) is 11.8 Å². The summed E-state index contributed by atoms with van der Waals surface area (Å²) in [5, 5.41) is 25.7. The number of urea groups is 1. The number of H-pyrrole nitrogens is 1. The van der Waals surface area contributed by atoms with Gasteiger partial charge >= 0.3 is 6.03 Å². The van der Waals surface area contributed by atoms with Crippen molar-refractivity contribution in [2.45, 2.75) is 46.2 Å². The highest BCUT2D eigenvalue weighted by Gasteiger charge is 2.32. The number of aromatic amines is 1. The highest BCUT2D eigenvalue weighted by atomic mass is 16.3. The number of carbonyl (C=O) groups is 3. The zero-order valence-corrected chi connectivity index (χ0v) is 21.5. The molecule has 5 N–H and O–H groups in total. The number of Topliss-reactive ketones (excluding diaryl/α,β-unsaturated/α-hetero) is 1. The van der Waals surface area contributed by atoms with Crippen LogP contribution in [0.1, 0.15) is 54.7 Å². The number of aromatic nitrogens is 1. The van der Waals surface area contributed by atoms with Crippen molar-refractivity contribution >= 4 is 23.4 Å². The van der Waals surface area contributed by atoms with Crippen molar-refractivity contribution in [2.24, 2.45) is 5.92 Å². The van der Waals surface area contributed by atoms with Crippen LogP contribution in [0.3, 0.4) is 0 Å². The number of aromatic hydroxyl groups is 2. The van der Waals surface area contributed by atoms with Gasteiger partial charge in [-0.15, -0.1) is 0 Å². The molecule has 1 heterocycles. The first-order valence-corrected chi connectivity index (χ1v) is 12.3. The topological polar surface area (TPSA) is 135 Å². The van der Waals surface area contributed by atoms with Crippen LogP contribution in [0, 0.1) is 12.8 Å². The van der Waals surface area contributed by atoms with Gasteiger partial charge in [0.05, 0.1) is 24.1 Å². The number of anilines is 1. The van der Waals surface area contributed by atoms with Crippen molar-refractivity contribution in [1.82, 2.24) is 15.6 Å². The summed E-state index contributed by atoms with van der Waals surface area (Å²) in [4.78, 5) is 43.5. The molecule has 2 aromatic carbocycles. The third kappa shape index (κ3) is 6.49. The zero-order valence-electron chi connectivity index (χ0n) is 21.5. The molecule has 0 saturated heterocycles. The van der Waals surface area contributed by atoms with Gasteiger partial charge in [-0.25, -0.2) is 4.79 Å². The summed E-state index contributed by atoms with van der Waals surface area (Å²) < 4.78 is 0. The fraction of sp³-hybridized carbons (Fsp3) is 0.321. The number of carbonyl (C=O) groups excluding carboxylic acids is 3. The molecule has 0 spiro atoms. The van der Waals surface area contributed by atoms with Crippen molar-refractivity contribution in [1.29, 1.82) is 0 Å². The molecule has 9 nitrogen and oxygen atoms in total. The second-order valence-electron chi connectivity index (χ2n) is 9.17. The Labute approximate surface area is 216 Å². The second kappa shape index (κ2) is 12.1. The Balaban J connectivity index is 1.80. The maximum atomic E-state index is 13.2. The van der Waals surface area contributed by atoms with E-state index in [9.17, 15) is 24.6 Å². The largest absolute Gasteiger partial charge is 0.494 e. The third-order valence-corrected chi connectivity index (χ3v) is 6.23. The number of nitrogens with zero attached hydrogens (tertiary/aromatic N) is 1. The molecule has 1 unspecified atom stereocenters. The van der Waals surface area contributed by atoms with E-state index in [1.807, 2.05) is 67.6 Å². The van der Waals surface area contributed by atoms with Crippen LogP contribution in [0.2, 0.25) is 0 Å². The first-order chi connectivity index (χ1) is 17.6. The van der Waals surface area contributed by atoms with E-state index in [0.29, 0.717) is 6.54 Å².